The van der Waals surface area contributed by atoms with Crippen molar-refractivity contribution in [3.63, 3.8) is 0 Å². The maximum atomic E-state index is 13.0. The van der Waals surface area contributed by atoms with Gasteiger partial charge in [0.25, 0.3) is 0 Å². The second-order valence-corrected chi connectivity index (χ2v) is 10.7. The average Bonchev–Trinajstić information content (AvgIpc) is 3.37. The molecule has 0 atom stereocenters. The molecule has 168 valence electrons. The molecule has 2 aromatic heterocycles. The third-order valence-electron chi connectivity index (χ3n) is 6.47. The molecule has 7 heteroatoms. The first-order chi connectivity index (χ1) is 14.7. The molecule has 6 nitrogen and oxygen atoms in total. The summed E-state index contributed by atoms with van der Waals surface area (Å²) in [7, 11) is 2.00. The van der Waals surface area contributed by atoms with Gasteiger partial charge >= 0.3 is 6.09 Å². The number of aromatic nitrogens is 1. The van der Waals surface area contributed by atoms with Gasteiger partial charge in [-0.2, -0.15) is 11.3 Å². The van der Waals surface area contributed by atoms with Crippen molar-refractivity contribution in [1.29, 1.82) is 0 Å². The van der Waals surface area contributed by atoms with Gasteiger partial charge in [-0.3, -0.25) is 9.69 Å². The van der Waals surface area contributed by atoms with E-state index in [1.54, 1.807) is 17.4 Å². The Bertz CT molecular complexity index is 984. The van der Waals surface area contributed by atoms with E-state index < -0.39 is 5.60 Å². The number of aryl methyl sites for hydroxylation is 1. The Labute approximate surface area is 188 Å². The fraction of sp³-hybridized carbons (Fsp3) is 0.583. The van der Waals surface area contributed by atoms with Crippen LogP contribution in [0.5, 0.6) is 0 Å². The minimum Gasteiger partial charge on any atom is -0.444 e. The van der Waals surface area contributed by atoms with Crippen LogP contribution in [0.4, 0.5) is 4.79 Å². The number of hydrogen-bond acceptors (Lipinski definition) is 5. The predicted octanol–water partition coefficient (Wildman–Crippen LogP) is 4.48. The highest BCUT2D eigenvalue weighted by Crippen LogP contribution is 2.39. The lowest BCUT2D eigenvalue weighted by atomic mass is 9.91. The molecule has 31 heavy (non-hydrogen) atoms. The molecule has 2 aliphatic rings. The van der Waals surface area contributed by atoms with Crippen molar-refractivity contribution >= 4 is 17.4 Å². The van der Waals surface area contributed by atoms with E-state index in [4.69, 9.17) is 4.74 Å². The van der Waals surface area contributed by atoms with Crippen molar-refractivity contribution in [1.82, 2.24) is 14.4 Å². The second-order valence-electron chi connectivity index (χ2n) is 9.93. The molecule has 0 unspecified atom stereocenters. The predicted molar refractivity (Wildman–Crippen MR) is 124 cm³/mol. The Balaban J connectivity index is 1.54. The number of rotatable bonds is 3. The fourth-order valence-corrected chi connectivity index (χ4v) is 5.61. The van der Waals surface area contributed by atoms with Crippen LogP contribution in [-0.2, 0) is 18.3 Å². The van der Waals surface area contributed by atoms with E-state index in [2.05, 4.69) is 14.8 Å². The number of hydrogen-bond donors (Lipinski definition) is 0. The van der Waals surface area contributed by atoms with Gasteiger partial charge in [0.2, 0.25) is 0 Å². The number of carbonyl (C=O) groups is 1. The summed E-state index contributed by atoms with van der Waals surface area (Å²) < 4.78 is 7.69. The first kappa shape index (κ1) is 22.1. The van der Waals surface area contributed by atoms with E-state index >= 15 is 0 Å². The van der Waals surface area contributed by atoms with Crippen LogP contribution < -0.4 is 5.43 Å². The Morgan fingerprint density at radius 2 is 1.97 bits per heavy atom. The second kappa shape index (κ2) is 8.43. The van der Waals surface area contributed by atoms with Crippen molar-refractivity contribution in [3.8, 4) is 11.3 Å². The van der Waals surface area contributed by atoms with Crippen LogP contribution in [0.15, 0.2) is 33.9 Å². The van der Waals surface area contributed by atoms with E-state index in [9.17, 15) is 9.59 Å². The van der Waals surface area contributed by atoms with Crippen molar-refractivity contribution in [2.45, 2.75) is 64.1 Å². The molecule has 2 fully saturated rings. The topological polar surface area (TPSA) is 54.8 Å². The SMILES string of the molecule is Cn1cc(CN2CCN(C(=O)OC(C)(C)C)CC23CCCC3)c(=O)cc1-c1ccsc1. The van der Waals surface area contributed by atoms with Crippen LogP contribution in [0.1, 0.15) is 52.0 Å². The lowest BCUT2D eigenvalue weighted by Crippen LogP contribution is -2.62. The summed E-state index contributed by atoms with van der Waals surface area (Å²) in [5.74, 6) is 0. The van der Waals surface area contributed by atoms with E-state index in [1.165, 1.54) is 0 Å². The third-order valence-corrected chi connectivity index (χ3v) is 7.16. The van der Waals surface area contributed by atoms with E-state index in [0.717, 1.165) is 49.0 Å². The summed E-state index contributed by atoms with van der Waals surface area (Å²) >= 11 is 1.63. The summed E-state index contributed by atoms with van der Waals surface area (Å²) in [6.07, 6.45) is 6.19. The monoisotopic (exact) mass is 443 g/mol. The van der Waals surface area contributed by atoms with Crippen molar-refractivity contribution in [2.24, 2.45) is 7.05 Å². The molecule has 0 aromatic carbocycles. The molecule has 0 bridgehead atoms. The van der Waals surface area contributed by atoms with Gasteiger partial charge in [-0.1, -0.05) is 12.8 Å². The lowest BCUT2D eigenvalue weighted by molar-refractivity contribution is -0.0279. The Kier molecular flexibility index (Phi) is 6.01. The van der Waals surface area contributed by atoms with E-state index in [-0.39, 0.29) is 17.1 Å². The van der Waals surface area contributed by atoms with Gasteiger partial charge in [-0.25, -0.2) is 4.79 Å². The summed E-state index contributed by atoms with van der Waals surface area (Å²) in [6, 6.07) is 3.80. The quantitative estimate of drug-likeness (QED) is 0.702. The highest BCUT2D eigenvalue weighted by Gasteiger charge is 2.45. The van der Waals surface area contributed by atoms with Crippen molar-refractivity contribution in [2.75, 3.05) is 19.6 Å². The molecule has 1 saturated carbocycles. The van der Waals surface area contributed by atoms with Crippen LogP contribution in [0.3, 0.4) is 0 Å². The van der Waals surface area contributed by atoms with Gasteiger partial charge in [0.15, 0.2) is 5.43 Å². The molecule has 1 aliphatic carbocycles. The van der Waals surface area contributed by atoms with Crippen LogP contribution in [-0.4, -0.2) is 51.2 Å². The number of pyridine rings is 1. The molecule has 1 amide bonds. The molecule has 1 spiro atoms. The first-order valence-corrected chi connectivity index (χ1v) is 12.1. The highest BCUT2D eigenvalue weighted by atomic mass is 32.1. The van der Waals surface area contributed by atoms with Crippen molar-refractivity contribution < 1.29 is 9.53 Å². The van der Waals surface area contributed by atoms with Gasteiger partial charge in [-0.15, -0.1) is 0 Å². The van der Waals surface area contributed by atoms with E-state index in [1.807, 2.05) is 50.4 Å². The zero-order chi connectivity index (χ0) is 22.2. The van der Waals surface area contributed by atoms with Crippen molar-refractivity contribution in [3.05, 3.63) is 44.9 Å². The summed E-state index contributed by atoms with van der Waals surface area (Å²) in [5, 5.41) is 4.10. The number of thiophene rings is 1. The molecule has 1 aliphatic heterocycles. The van der Waals surface area contributed by atoms with E-state index in [0.29, 0.717) is 19.6 Å². The number of nitrogens with zero attached hydrogens (tertiary/aromatic N) is 3. The van der Waals surface area contributed by atoms with Gasteiger partial charge in [0.1, 0.15) is 5.60 Å². The Morgan fingerprint density at radius 1 is 1.23 bits per heavy atom. The molecule has 0 radical (unpaired) electrons. The molecule has 2 aromatic rings. The normalized spacial score (nSPS) is 19.2. The van der Waals surface area contributed by atoms with Gasteiger partial charge in [-0.05, 0) is 45.1 Å². The number of ether oxygens (including phenoxy) is 1. The third kappa shape index (κ3) is 4.72. The van der Waals surface area contributed by atoms with Gasteiger partial charge in [0, 0.05) is 67.5 Å². The number of piperazine rings is 1. The maximum absolute atomic E-state index is 13.0. The zero-order valence-corrected chi connectivity index (χ0v) is 19.8. The summed E-state index contributed by atoms with van der Waals surface area (Å²) in [5.41, 5.74) is 2.37. The Hall–Kier alpha value is -2.12. The molecule has 3 heterocycles. The highest BCUT2D eigenvalue weighted by molar-refractivity contribution is 7.08. The minimum atomic E-state index is -0.493. The molecule has 0 N–H and O–H groups in total. The fourth-order valence-electron chi connectivity index (χ4n) is 4.96. The maximum Gasteiger partial charge on any atom is 0.410 e. The smallest absolute Gasteiger partial charge is 0.410 e. The zero-order valence-electron chi connectivity index (χ0n) is 19.0. The van der Waals surface area contributed by atoms with Crippen LogP contribution in [0.25, 0.3) is 11.3 Å². The molecular formula is C24H33N3O3S. The van der Waals surface area contributed by atoms with Gasteiger partial charge < -0.3 is 14.2 Å². The lowest BCUT2D eigenvalue weighted by Gasteiger charge is -2.49. The van der Waals surface area contributed by atoms with Crippen LogP contribution >= 0.6 is 11.3 Å². The average molecular weight is 444 g/mol. The van der Waals surface area contributed by atoms with Gasteiger partial charge in [0.05, 0.1) is 5.69 Å². The standard InChI is InChI=1S/C24H33N3O3S/c1-23(2,3)30-22(29)26-10-11-27(24(17-26)8-5-6-9-24)15-19-14-25(4)20(13-21(19)28)18-7-12-31-16-18/h7,12-14,16H,5-6,8-11,15,17H2,1-4H3. The molecule has 4 rings (SSSR count). The number of carbonyl (C=O) groups excluding carboxylic acids is 1. The van der Waals surface area contributed by atoms with Crippen LogP contribution in [0, 0.1) is 0 Å². The Morgan fingerprint density at radius 3 is 2.61 bits per heavy atom. The molecule has 1 saturated heterocycles. The minimum absolute atomic E-state index is 0.0633. The summed E-state index contributed by atoms with van der Waals surface area (Å²) in [4.78, 5) is 30.0. The number of amides is 1. The first-order valence-electron chi connectivity index (χ1n) is 11.1. The summed E-state index contributed by atoms with van der Waals surface area (Å²) in [6.45, 7) is 8.40. The van der Waals surface area contributed by atoms with Crippen LogP contribution in [0.2, 0.25) is 0 Å². The molecular weight excluding hydrogens is 410 g/mol. The largest absolute Gasteiger partial charge is 0.444 e.